The number of ether oxygens (including phenoxy) is 2. The maximum Gasteiger partial charge on any atom is 0.293 e. The van der Waals surface area contributed by atoms with Gasteiger partial charge in [-0.1, -0.05) is 43.2 Å². The molecule has 1 aliphatic carbocycles. The largest absolute Gasteiger partial charge is 0.474 e. The number of rotatable bonds is 14. The topological polar surface area (TPSA) is 182 Å². The Balaban J connectivity index is 0.801. The van der Waals surface area contributed by atoms with Crippen LogP contribution in [0.5, 0.6) is 5.88 Å². The number of nitro benzene ring substituents is 1. The zero-order chi connectivity index (χ0) is 49.7. The number of benzene rings is 3. The summed E-state index contributed by atoms with van der Waals surface area (Å²) >= 11 is 6.28. The van der Waals surface area contributed by atoms with Crippen LogP contribution in [0, 0.1) is 27.4 Å². The summed E-state index contributed by atoms with van der Waals surface area (Å²) in [5.41, 5.74) is 6.97. The van der Waals surface area contributed by atoms with E-state index in [0.717, 1.165) is 120 Å². The van der Waals surface area contributed by atoms with E-state index >= 15 is 0 Å². The van der Waals surface area contributed by atoms with Gasteiger partial charge in [-0.3, -0.25) is 24.7 Å². The van der Waals surface area contributed by atoms with Crippen molar-refractivity contribution in [1.29, 1.82) is 0 Å². The van der Waals surface area contributed by atoms with Gasteiger partial charge in [-0.2, -0.15) is 4.98 Å². The van der Waals surface area contributed by atoms with Crippen LogP contribution in [0.4, 0.5) is 28.4 Å². The molecule has 19 heteroatoms. The second-order valence-corrected chi connectivity index (χ2v) is 23.3. The summed E-state index contributed by atoms with van der Waals surface area (Å²) in [5.74, 6) is 0.802. The van der Waals surface area contributed by atoms with E-state index in [0.29, 0.717) is 60.4 Å². The monoisotopic (exact) mass is 1020 g/mol. The summed E-state index contributed by atoms with van der Waals surface area (Å²) in [5, 5.41) is 17.2. The van der Waals surface area contributed by atoms with Gasteiger partial charge in [0.2, 0.25) is 5.88 Å². The number of nitro groups is 1. The highest BCUT2D eigenvalue weighted by atomic mass is 35.5. The van der Waals surface area contributed by atoms with Crippen molar-refractivity contribution in [2.45, 2.75) is 50.5 Å². The van der Waals surface area contributed by atoms with Crippen molar-refractivity contribution in [2.75, 3.05) is 113 Å². The predicted octanol–water partition coefficient (Wildman–Crippen LogP) is 7.62. The number of nitrogens with zero attached hydrogens (tertiary/aromatic N) is 7. The molecule has 6 aliphatic rings. The molecule has 0 saturated carbocycles. The van der Waals surface area contributed by atoms with Crippen molar-refractivity contribution >= 4 is 72.6 Å². The summed E-state index contributed by atoms with van der Waals surface area (Å²) in [6, 6.07) is 21.8. The van der Waals surface area contributed by atoms with Crippen LogP contribution in [0.1, 0.15) is 55.5 Å². The Labute approximate surface area is 425 Å². The highest BCUT2D eigenvalue weighted by molar-refractivity contribution is 7.90. The lowest BCUT2D eigenvalue weighted by molar-refractivity contribution is -0.384. The van der Waals surface area contributed by atoms with E-state index in [4.69, 9.17) is 26.1 Å². The van der Waals surface area contributed by atoms with Gasteiger partial charge in [-0.05, 0) is 115 Å². The minimum absolute atomic E-state index is 0.115. The number of fused-ring (bicyclic) bond motifs is 3. The van der Waals surface area contributed by atoms with Crippen molar-refractivity contribution in [2.24, 2.45) is 17.3 Å². The van der Waals surface area contributed by atoms with E-state index in [9.17, 15) is 23.3 Å². The maximum absolute atomic E-state index is 14.4. The quantitative estimate of drug-likeness (QED) is 0.0730. The van der Waals surface area contributed by atoms with Gasteiger partial charge >= 0.3 is 0 Å². The minimum Gasteiger partial charge on any atom is -0.474 e. The number of aromatic amines is 1. The second-order valence-electron chi connectivity index (χ2n) is 21.2. The molecule has 380 valence electrons. The number of amides is 1. The number of halogens is 1. The molecule has 2 aromatic heterocycles. The third-order valence-electron chi connectivity index (χ3n) is 15.9. The van der Waals surface area contributed by atoms with E-state index in [-0.39, 0.29) is 23.3 Å². The van der Waals surface area contributed by atoms with Crippen LogP contribution in [0.15, 0.2) is 89.5 Å². The van der Waals surface area contributed by atoms with Crippen molar-refractivity contribution in [3.63, 3.8) is 0 Å². The Morgan fingerprint density at radius 1 is 0.931 bits per heavy atom. The number of piperidine rings is 1. The van der Waals surface area contributed by atoms with Crippen LogP contribution in [0.3, 0.4) is 0 Å². The molecule has 0 radical (unpaired) electrons. The third-order valence-corrected chi connectivity index (χ3v) is 17.5. The number of H-pyrrole nitrogens is 1. The number of carbonyl (C=O) groups excluding carboxylic acids is 1. The first-order valence-electron chi connectivity index (χ1n) is 25.3. The van der Waals surface area contributed by atoms with Gasteiger partial charge in [-0.15, -0.1) is 0 Å². The third kappa shape index (κ3) is 10.1. The van der Waals surface area contributed by atoms with Gasteiger partial charge in [0.25, 0.3) is 21.6 Å². The number of hydrogen-bond acceptors (Lipinski definition) is 14. The van der Waals surface area contributed by atoms with Crippen molar-refractivity contribution in [3.8, 4) is 5.88 Å². The Kier molecular flexibility index (Phi) is 13.4. The van der Waals surface area contributed by atoms with Gasteiger partial charge in [0.15, 0.2) is 0 Å². The van der Waals surface area contributed by atoms with Crippen LogP contribution in [0.2, 0.25) is 5.02 Å². The number of allylic oxidation sites excluding steroid dienone is 1. The molecule has 0 spiro atoms. The second kappa shape index (κ2) is 19.9. The zero-order valence-corrected chi connectivity index (χ0v) is 42.5. The maximum atomic E-state index is 14.4. The number of carbonyl (C=O) groups is 1. The fourth-order valence-corrected chi connectivity index (χ4v) is 12.8. The average Bonchev–Trinajstić information content (AvgIpc) is 3.99. The smallest absolute Gasteiger partial charge is 0.293 e. The van der Waals surface area contributed by atoms with Crippen LogP contribution in [0.25, 0.3) is 16.6 Å². The van der Waals surface area contributed by atoms with Crippen LogP contribution >= 0.6 is 11.6 Å². The molecular formula is C53H63ClN10O7S. The number of sulfonamides is 1. The molecule has 4 saturated heterocycles. The zero-order valence-electron chi connectivity index (χ0n) is 40.9. The molecule has 2 atom stereocenters. The van der Waals surface area contributed by atoms with E-state index in [1.165, 1.54) is 28.8 Å². The summed E-state index contributed by atoms with van der Waals surface area (Å²) in [4.78, 5) is 45.5. The summed E-state index contributed by atoms with van der Waals surface area (Å²) in [6.45, 7) is 16.3. The summed E-state index contributed by atoms with van der Waals surface area (Å²) in [6.07, 6.45) is 6.13. The standard InChI is InChI=1S/C53H63ClN10O7S/c1-53(2)14-11-38(45(28-53)35-3-5-40(54)6-4-35)29-60-19-21-61(22-20-60)41-7-9-44(47(26-41)63-23-24-71-52-49(63)25-36-12-15-56-50(36)57-52)51(65)58-72(68,69)43-8-10-46(48(27-43)64(66)67)55-16-18-59-17-13-37-31-62(32-39(37)30-59)42-33-70-34-42/h3-10,12,15,25-27,37,39,42,55H,11,13-14,16-24,28-34H2,1-2H3,(H,56,57)(H,58,65). The van der Waals surface area contributed by atoms with Gasteiger partial charge in [-0.25, -0.2) is 13.1 Å². The number of likely N-dealkylation sites (tertiary alicyclic amines) is 2. The minimum atomic E-state index is -4.58. The van der Waals surface area contributed by atoms with Crippen LogP contribution < -0.4 is 24.6 Å². The number of pyridine rings is 1. The van der Waals surface area contributed by atoms with E-state index < -0.39 is 31.4 Å². The molecule has 11 rings (SSSR count). The number of anilines is 4. The van der Waals surface area contributed by atoms with Crippen molar-refractivity contribution in [1.82, 2.24) is 29.4 Å². The fourth-order valence-electron chi connectivity index (χ4n) is 11.7. The summed E-state index contributed by atoms with van der Waals surface area (Å²) in [7, 11) is -4.58. The molecular weight excluding hydrogens is 956 g/mol. The van der Waals surface area contributed by atoms with E-state index in [1.54, 1.807) is 12.3 Å². The lowest BCUT2D eigenvalue weighted by atomic mass is 9.72. The van der Waals surface area contributed by atoms with Crippen molar-refractivity contribution < 1.29 is 27.6 Å². The molecule has 3 aromatic carbocycles. The Morgan fingerprint density at radius 3 is 2.51 bits per heavy atom. The first-order valence-corrected chi connectivity index (χ1v) is 27.2. The number of hydrogen-bond donors (Lipinski definition) is 3. The van der Waals surface area contributed by atoms with Gasteiger partial charge in [0.1, 0.15) is 23.6 Å². The molecule has 1 amide bonds. The highest BCUT2D eigenvalue weighted by Gasteiger charge is 2.41. The Hall–Kier alpha value is -5.76. The average molecular weight is 1020 g/mol. The van der Waals surface area contributed by atoms with Crippen molar-refractivity contribution in [3.05, 3.63) is 111 Å². The SMILES string of the molecule is CC1(C)CCC(CN2CCN(c3ccc(C(=O)NS(=O)(=O)c4ccc(NCCN5CCC6CN(C7COC7)CC6C5)c([N+](=O)[O-])c4)c(N4CCOc5nc6[nH]ccc6cc54)c3)CC2)=C(c2ccc(Cl)cc2)C1. The lowest BCUT2D eigenvalue weighted by Crippen LogP contribution is -2.48. The van der Waals surface area contributed by atoms with Crippen LogP contribution in [-0.2, 0) is 14.8 Å². The molecule has 3 N–H and O–H groups in total. The van der Waals surface area contributed by atoms with Crippen LogP contribution in [-0.4, -0.2) is 148 Å². The molecule has 72 heavy (non-hydrogen) atoms. The fraction of sp³-hybridized carbons (Fsp3) is 0.472. The number of piperazine rings is 1. The molecule has 5 aromatic rings. The highest BCUT2D eigenvalue weighted by Crippen LogP contribution is 2.44. The van der Waals surface area contributed by atoms with E-state index in [1.807, 2.05) is 41.3 Å². The first kappa shape index (κ1) is 48.5. The number of aromatic nitrogens is 2. The number of nitrogens with one attached hydrogen (secondary N) is 3. The van der Waals surface area contributed by atoms with Gasteiger partial charge in [0, 0.05) is 93.8 Å². The molecule has 4 fully saturated rings. The lowest BCUT2D eigenvalue weighted by Gasteiger charge is -2.39. The Morgan fingerprint density at radius 2 is 1.74 bits per heavy atom. The molecule has 5 aliphatic heterocycles. The molecule has 17 nitrogen and oxygen atoms in total. The predicted molar refractivity (Wildman–Crippen MR) is 280 cm³/mol. The molecule has 2 unspecified atom stereocenters. The summed E-state index contributed by atoms with van der Waals surface area (Å²) < 4.78 is 41.9. The van der Waals surface area contributed by atoms with Gasteiger partial charge < -0.3 is 34.5 Å². The normalized spacial score (nSPS) is 22.0. The Bertz CT molecular complexity index is 3010. The van der Waals surface area contributed by atoms with E-state index in [2.05, 4.69) is 60.6 Å². The van der Waals surface area contributed by atoms with Gasteiger partial charge in [0.05, 0.1) is 46.9 Å². The molecule has 7 heterocycles. The molecule has 0 bridgehead atoms. The first-order chi connectivity index (χ1) is 34.7.